The summed E-state index contributed by atoms with van der Waals surface area (Å²) in [6, 6.07) is 4.90. The van der Waals surface area contributed by atoms with Crippen LogP contribution in [0.4, 0.5) is 29.1 Å². The van der Waals surface area contributed by atoms with Gasteiger partial charge < -0.3 is 20.6 Å². The number of aryl methyl sites for hydroxylation is 2. The highest BCUT2D eigenvalue weighted by molar-refractivity contribution is 6.00. The molecule has 174 valence electrons. The summed E-state index contributed by atoms with van der Waals surface area (Å²) in [5, 5.41) is 10.6. The van der Waals surface area contributed by atoms with Crippen LogP contribution in [0.1, 0.15) is 29.7 Å². The topological polar surface area (TPSA) is 82.7 Å². The zero-order valence-electron chi connectivity index (χ0n) is 17.9. The number of nitrogens with two attached hydrogens (primary N) is 1. The van der Waals surface area contributed by atoms with Crippen molar-refractivity contribution in [3.63, 3.8) is 0 Å². The Kier molecular flexibility index (Phi) is 7.04. The number of rotatable bonds is 6. The van der Waals surface area contributed by atoms with Crippen molar-refractivity contribution in [2.75, 3.05) is 29.4 Å². The Morgan fingerprint density at radius 1 is 1.28 bits per heavy atom. The lowest BCUT2D eigenvalue weighted by atomic mass is 10.1. The molecular weight excluding hydrogens is 428 g/mol. The lowest BCUT2D eigenvalue weighted by molar-refractivity contribution is -0.137. The molecule has 0 saturated carbocycles. The number of hydrogen-bond donors (Lipinski definition) is 2. The predicted molar refractivity (Wildman–Crippen MR) is 113 cm³/mol. The van der Waals surface area contributed by atoms with Crippen molar-refractivity contribution in [3.05, 3.63) is 53.0 Å². The molecule has 0 aliphatic carbocycles. The standard InChI is InChI=1S/C22H26F4N4O2/c1-13-10-16(4-5-17(13)23)29(8-3-7-27)21(32)20-18(31)6-9-30(20)19-12-15(22(24,25)26)11-14(2)28-19/h4-5,10-12,18,20,31H,3,6-9,27H2,1-2H3/t18-,20+/m1/s1. The number of aromatic nitrogens is 1. The van der Waals surface area contributed by atoms with Crippen LogP contribution in [0.25, 0.3) is 0 Å². The Morgan fingerprint density at radius 2 is 2.00 bits per heavy atom. The molecule has 32 heavy (non-hydrogen) atoms. The van der Waals surface area contributed by atoms with Gasteiger partial charge in [0.15, 0.2) is 0 Å². The molecule has 1 fully saturated rings. The van der Waals surface area contributed by atoms with Gasteiger partial charge in [0, 0.05) is 24.5 Å². The van der Waals surface area contributed by atoms with E-state index in [1.54, 1.807) is 6.92 Å². The van der Waals surface area contributed by atoms with Crippen LogP contribution in [0.5, 0.6) is 0 Å². The van der Waals surface area contributed by atoms with E-state index in [2.05, 4.69) is 4.98 Å². The van der Waals surface area contributed by atoms with Gasteiger partial charge in [0.2, 0.25) is 0 Å². The van der Waals surface area contributed by atoms with Crippen molar-refractivity contribution in [2.24, 2.45) is 5.73 Å². The molecule has 0 spiro atoms. The molecule has 0 bridgehead atoms. The van der Waals surface area contributed by atoms with Crippen LogP contribution >= 0.6 is 0 Å². The maximum Gasteiger partial charge on any atom is 0.416 e. The first-order valence-corrected chi connectivity index (χ1v) is 10.3. The quantitative estimate of drug-likeness (QED) is 0.656. The Hall–Kier alpha value is -2.72. The van der Waals surface area contributed by atoms with Gasteiger partial charge in [-0.1, -0.05) is 0 Å². The van der Waals surface area contributed by atoms with Crippen LogP contribution in [-0.4, -0.2) is 47.8 Å². The monoisotopic (exact) mass is 454 g/mol. The Bertz CT molecular complexity index is 983. The fourth-order valence-corrected chi connectivity index (χ4v) is 3.87. The second kappa shape index (κ2) is 9.41. The number of aliphatic hydroxyl groups is 1. The smallest absolute Gasteiger partial charge is 0.390 e. The van der Waals surface area contributed by atoms with Gasteiger partial charge in [-0.2, -0.15) is 13.2 Å². The third-order valence-electron chi connectivity index (χ3n) is 5.49. The van der Waals surface area contributed by atoms with Crippen molar-refractivity contribution in [3.8, 4) is 0 Å². The van der Waals surface area contributed by atoms with E-state index in [9.17, 15) is 27.5 Å². The number of nitrogens with zero attached hydrogens (tertiary/aromatic N) is 3. The highest BCUT2D eigenvalue weighted by Gasteiger charge is 2.42. The zero-order valence-corrected chi connectivity index (χ0v) is 17.9. The number of pyridine rings is 1. The molecule has 1 aromatic carbocycles. The third-order valence-corrected chi connectivity index (χ3v) is 5.49. The molecule has 10 heteroatoms. The van der Waals surface area contributed by atoms with Crippen LogP contribution < -0.4 is 15.5 Å². The lowest BCUT2D eigenvalue weighted by Crippen LogP contribution is -2.51. The number of benzene rings is 1. The molecule has 2 heterocycles. The van der Waals surface area contributed by atoms with E-state index < -0.39 is 35.6 Å². The van der Waals surface area contributed by atoms with Gasteiger partial charge in [-0.25, -0.2) is 9.37 Å². The van der Waals surface area contributed by atoms with E-state index >= 15 is 0 Å². The highest BCUT2D eigenvalue weighted by Crippen LogP contribution is 2.34. The van der Waals surface area contributed by atoms with Gasteiger partial charge in [0.1, 0.15) is 17.7 Å². The molecule has 3 rings (SSSR count). The molecule has 6 nitrogen and oxygen atoms in total. The molecule has 1 amide bonds. The van der Waals surface area contributed by atoms with Crippen LogP contribution in [0.15, 0.2) is 30.3 Å². The largest absolute Gasteiger partial charge is 0.416 e. The summed E-state index contributed by atoms with van der Waals surface area (Å²) in [6.07, 6.45) is -5.02. The minimum atomic E-state index is -4.57. The Balaban J connectivity index is 1.99. The van der Waals surface area contributed by atoms with Crippen LogP contribution in [-0.2, 0) is 11.0 Å². The van der Waals surface area contributed by atoms with Crippen LogP contribution in [0.2, 0.25) is 0 Å². The first-order chi connectivity index (χ1) is 15.0. The van der Waals surface area contributed by atoms with Gasteiger partial charge in [-0.3, -0.25) is 4.79 Å². The average Bonchev–Trinajstić information content (AvgIpc) is 3.11. The number of halogens is 4. The molecule has 1 saturated heterocycles. The van der Waals surface area contributed by atoms with Crippen LogP contribution in [0, 0.1) is 19.7 Å². The van der Waals surface area contributed by atoms with Crippen molar-refractivity contribution in [2.45, 2.75) is 45.0 Å². The molecule has 1 aromatic heterocycles. The number of carbonyl (C=O) groups excluding carboxylic acids is 1. The summed E-state index contributed by atoms with van der Waals surface area (Å²) in [7, 11) is 0. The molecular formula is C22H26F4N4O2. The number of amides is 1. The first-order valence-electron chi connectivity index (χ1n) is 10.3. The minimum Gasteiger partial charge on any atom is -0.390 e. The summed E-state index contributed by atoms with van der Waals surface area (Å²) in [4.78, 5) is 20.5. The summed E-state index contributed by atoms with van der Waals surface area (Å²) in [5.74, 6) is -0.959. The summed E-state index contributed by atoms with van der Waals surface area (Å²) < 4.78 is 53.7. The maximum atomic E-state index is 13.8. The molecule has 0 radical (unpaired) electrons. The molecule has 0 unspecified atom stereocenters. The summed E-state index contributed by atoms with van der Waals surface area (Å²) >= 11 is 0. The number of hydrogen-bond acceptors (Lipinski definition) is 5. The zero-order chi connectivity index (χ0) is 23.6. The molecule has 2 aromatic rings. The predicted octanol–water partition coefficient (Wildman–Crippen LogP) is 3.18. The average molecular weight is 454 g/mol. The Morgan fingerprint density at radius 3 is 2.62 bits per heavy atom. The second-order valence-electron chi connectivity index (χ2n) is 7.91. The van der Waals surface area contributed by atoms with E-state index in [-0.39, 0.29) is 31.0 Å². The van der Waals surface area contributed by atoms with Crippen LogP contribution in [0.3, 0.4) is 0 Å². The Labute approximate surface area is 183 Å². The lowest BCUT2D eigenvalue weighted by Gasteiger charge is -2.32. The molecule has 3 N–H and O–H groups in total. The van der Waals surface area contributed by atoms with Gasteiger partial charge in [-0.15, -0.1) is 0 Å². The number of alkyl halides is 3. The van der Waals surface area contributed by atoms with Crippen molar-refractivity contribution >= 4 is 17.4 Å². The summed E-state index contributed by atoms with van der Waals surface area (Å²) in [5.41, 5.74) is 5.65. The fraction of sp³-hybridized carbons (Fsp3) is 0.455. The fourth-order valence-electron chi connectivity index (χ4n) is 3.87. The van der Waals surface area contributed by atoms with Crippen molar-refractivity contribution < 1.29 is 27.5 Å². The van der Waals surface area contributed by atoms with Gasteiger partial charge >= 0.3 is 6.18 Å². The third kappa shape index (κ3) is 5.02. The number of carbonyl (C=O) groups is 1. The first kappa shape index (κ1) is 23.9. The van der Waals surface area contributed by atoms with Gasteiger partial charge in [0.05, 0.1) is 11.7 Å². The van der Waals surface area contributed by atoms with E-state index in [0.717, 1.165) is 12.1 Å². The van der Waals surface area contributed by atoms with Crippen molar-refractivity contribution in [1.82, 2.24) is 4.98 Å². The normalized spacial score (nSPS) is 18.8. The van der Waals surface area contributed by atoms with Crippen molar-refractivity contribution in [1.29, 1.82) is 0 Å². The SMILES string of the molecule is Cc1cc(C(F)(F)F)cc(N2CC[C@@H](O)[C@H]2C(=O)N(CCCN)c2ccc(F)c(C)c2)n1. The highest BCUT2D eigenvalue weighted by atomic mass is 19.4. The van der Waals surface area contributed by atoms with E-state index in [1.807, 2.05) is 0 Å². The number of aliphatic hydroxyl groups excluding tert-OH is 1. The molecule has 2 atom stereocenters. The summed E-state index contributed by atoms with van der Waals surface area (Å²) in [6.45, 7) is 3.69. The van der Waals surface area contributed by atoms with E-state index in [1.165, 1.54) is 34.9 Å². The van der Waals surface area contributed by atoms with E-state index in [4.69, 9.17) is 5.73 Å². The molecule has 1 aliphatic heterocycles. The second-order valence-corrected chi connectivity index (χ2v) is 7.91. The van der Waals surface area contributed by atoms with Gasteiger partial charge in [0.25, 0.3) is 5.91 Å². The van der Waals surface area contributed by atoms with Gasteiger partial charge in [-0.05, 0) is 69.1 Å². The molecule has 1 aliphatic rings. The maximum absolute atomic E-state index is 13.8. The minimum absolute atomic E-state index is 0.0266. The van der Waals surface area contributed by atoms with E-state index in [0.29, 0.717) is 24.2 Å². The number of anilines is 2.